The summed E-state index contributed by atoms with van der Waals surface area (Å²) in [5.41, 5.74) is 2.13. The summed E-state index contributed by atoms with van der Waals surface area (Å²) < 4.78 is 22.4. The van der Waals surface area contributed by atoms with Gasteiger partial charge in [0, 0.05) is 25.0 Å². The Morgan fingerprint density at radius 3 is 2.54 bits per heavy atom. The van der Waals surface area contributed by atoms with Gasteiger partial charge >= 0.3 is 0 Å². The van der Waals surface area contributed by atoms with Gasteiger partial charge in [-0.25, -0.2) is 13.6 Å². The third-order valence-electron chi connectivity index (χ3n) is 3.80. The van der Waals surface area contributed by atoms with E-state index in [0.717, 1.165) is 30.6 Å². The molecule has 140 valence electrons. The van der Waals surface area contributed by atoms with Crippen molar-refractivity contribution in [3.05, 3.63) is 53.9 Å². The highest BCUT2D eigenvalue weighted by Gasteiger charge is 2.09. The monoisotopic (exact) mass is 376 g/mol. The van der Waals surface area contributed by atoms with Gasteiger partial charge in [0.15, 0.2) is 0 Å². The molecule has 7 nitrogen and oxygen atoms in total. The summed E-state index contributed by atoms with van der Waals surface area (Å²) in [5, 5.41) is 11.1. The van der Waals surface area contributed by atoms with Crippen LogP contribution >= 0.6 is 0 Å². The summed E-state index contributed by atoms with van der Waals surface area (Å²) in [6.45, 7) is 3.40. The van der Waals surface area contributed by atoms with E-state index in [9.17, 15) is 13.2 Å². The number of nitrogens with zero attached hydrogens (tertiary/aromatic N) is 1. The molecule has 26 heavy (non-hydrogen) atoms. The molecule has 0 atom stereocenters. The zero-order valence-electron chi connectivity index (χ0n) is 14.7. The number of sulfonamides is 1. The van der Waals surface area contributed by atoms with Crippen LogP contribution in [0.5, 0.6) is 0 Å². The van der Waals surface area contributed by atoms with Crippen molar-refractivity contribution >= 4 is 21.6 Å². The standard InChI is InChI=1S/C18H24N4O3S/c1-2-3-10-20-15-9-12-21-17(13-15)18(23)22-11-8-14-4-6-16(7-5-14)26(19,24)25/h4-7,9,12-13H,2-3,8,10-11H2,1H3,(H,20,21)(H,22,23)(H2,19,24,25). The highest BCUT2D eigenvalue weighted by Crippen LogP contribution is 2.10. The molecular formula is C18H24N4O3S. The molecular weight excluding hydrogens is 352 g/mol. The molecule has 0 saturated carbocycles. The fraction of sp³-hybridized carbons (Fsp3) is 0.333. The molecule has 0 saturated heterocycles. The van der Waals surface area contributed by atoms with Crippen LogP contribution < -0.4 is 15.8 Å². The number of hydrogen-bond donors (Lipinski definition) is 3. The number of rotatable bonds is 9. The first-order valence-electron chi connectivity index (χ1n) is 8.50. The van der Waals surface area contributed by atoms with E-state index in [-0.39, 0.29) is 10.8 Å². The van der Waals surface area contributed by atoms with Crippen LogP contribution in [0, 0.1) is 0 Å². The molecule has 0 fully saturated rings. The topological polar surface area (TPSA) is 114 Å². The van der Waals surface area contributed by atoms with Crippen LogP contribution in [0.1, 0.15) is 35.8 Å². The fourth-order valence-electron chi connectivity index (χ4n) is 2.33. The Balaban J connectivity index is 1.86. The van der Waals surface area contributed by atoms with Crippen molar-refractivity contribution in [3.8, 4) is 0 Å². The van der Waals surface area contributed by atoms with E-state index >= 15 is 0 Å². The predicted molar refractivity (Wildman–Crippen MR) is 101 cm³/mol. The van der Waals surface area contributed by atoms with Gasteiger partial charge in [-0.3, -0.25) is 9.78 Å². The second kappa shape index (κ2) is 9.30. The number of nitrogens with one attached hydrogen (secondary N) is 2. The minimum Gasteiger partial charge on any atom is -0.385 e. The number of aromatic nitrogens is 1. The molecule has 1 aromatic heterocycles. The Labute approximate surface area is 154 Å². The number of carbonyl (C=O) groups excluding carboxylic acids is 1. The van der Waals surface area contributed by atoms with Crippen molar-refractivity contribution < 1.29 is 13.2 Å². The molecule has 0 bridgehead atoms. The summed E-state index contributed by atoms with van der Waals surface area (Å²) in [6.07, 6.45) is 4.35. The molecule has 0 spiro atoms. The summed E-state index contributed by atoms with van der Waals surface area (Å²) in [4.78, 5) is 16.4. The maximum absolute atomic E-state index is 12.2. The Hall–Kier alpha value is -2.45. The molecule has 1 heterocycles. The van der Waals surface area contributed by atoms with Gasteiger partial charge in [-0.1, -0.05) is 25.5 Å². The Bertz CT molecular complexity index is 836. The SMILES string of the molecule is CCCCNc1ccnc(C(=O)NCCc2ccc(S(N)(=O)=O)cc2)c1. The fourth-order valence-corrected chi connectivity index (χ4v) is 2.85. The first-order chi connectivity index (χ1) is 12.4. The van der Waals surface area contributed by atoms with Gasteiger partial charge < -0.3 is 10.6 Å². The minimum absolute atomic E-state index is 0.0712. The number of pyridine rings is 1. The maximum atomic E-state index is 12.2. The summed E-state index contributed by atoms with van der Waals surface area (Å²) in [5.74, 6) is -0.245. The Kier molecular flexibility index (Phi) is 7.11. The van der Waals surface area contributed by atoms with E-state index in [1.54, 1.807) is 24.4 Å². The Morgan fingerprint density at radius 2 is 1.88 bits per heavy atom. The number of nitrogens with two attached hydrogens (primary N) is 1. The molecule has 0 aliphatic carbocycles. The average Bonchev–Trinajstić information content (AvgIpc) is 2.62. The van der Waals surface area contributed by atoms with Gasteiger partial charge in [0.05, 0.1) is 4.90 Å². The van der Waals surface area contributed by atoms with E-state index in [1.807, 2.05) is 6.07 Å². The number of benzene rings is 1. The molecule has 1 amide bonds. The van der Waals surface area contributed by atoms with Gasteiger partial charge in [0.2, 0.25) is 10.0 Å². The predicted octanol–water partition coefficient (Wildman–Crippen LogP) is 1.91. The molecule has 0 radical (unpaired) electrons. The van der Waals surface area contributed by atoms with E-state index in [0.29, 0.717) is 18.7 Å². The van der Waals surface area contributed by atoms with Gasteiger partial charge in [0.1, 0.15) is 5.69 Å². The molecule has 2 aromatic rings. The lowest BCUT2D eigenvalue weighted by atomic mass is 10.1. The number of primary sulfonamides is 1. The van der Waals surface area contributed by atoms with Crippen molar-refractivity contribution in [2.24, 2.45) is 5.14 Å². The molecule has 0 aliphatic heterocycles. The highest BCUT2D eigenvalue weighted by atomic mass is 32.2. The smallest absolute Gasteiger partial charge is 0.269 e. The van der Waals surface area contributed by atoms with Crippen molar-refractivity contribution in [1.82, 2.24) is 10.3 Å². The van der Waals surface area contributed by atoms with Crippen molar-refractivity contribution in [1.29, 1.82) is 0 Å². The van der Waals surface area contributed by atoms with Gasteiger partial charge in [0.25, 0.3) is 5.91 Å². The van der Waals surface area contributed by atoms with Crippen molar-refractivity contribution in [2.45, 2.75) is 31.1 Å². The summed E-state index contributed by atoms with van der Waals surface area (Å²) in [7, 11) is -3.69. The van der Waals surface area contributed by atoms with Gasteiger partial charge in [-0.15, -0.1) is 0 Å². The largest absolute Gasteiger partial charge is 0.385 e. The maximum Gasteiger partial charge on any atom is 0.269 e. The average molecular weight is 376 g/mol. The first-order valence-corrected chi connectivity index (χ1v) is 10.0. The molecule has 4 N–H and O–H groups in total. The zero-order chi connectivity index (χ0) is 19.0. The summed E-state index contributed by atoms with van der Waals surface area (Å²) in [6, 6.07) is 9.84. The van der Waals surface area contributed by atoms with Crippen LogP contribution in [0.3, 0.4) is 0 Å². The molecule has 8 heteroatoms. The third kappa shape index (κ3) is 6.12. The van der Waals surface area contributed by atoms with Gasteiger partial charge in [-0.2, -0.15) is 0 Å². The van der Waals surface area contributed by atoms with Crippen LogP contribution in [0.25, 0.3) is 0 Å². The second-order valence-electron chi connectivity index (χ2n) is 5.90. The number of anilines is 1. The molecule has 2 rings (SSSR count). The van der Waals surface area contributed by atoms with Crippen molar-refractivity contribution in [3.63, 3.8) is 0 Å². The zero-order valence-corrected chi connectivity index (χ0v) is 15.6. The molecule has 1 aromatic carbocycles. The van der Waals surface area contributed by atoms with Crippen LogP contribution in [0.2, 0.25) is 0 Å². The van der Waals surface area contributed by atoms with Crippen LogP contribution in [-0.4, -0.2) is 32.4 Å². The minimum atomic E-state index is -3.69. The lowest BCUT2D eigenvalue weighted by Gasteiger charge is -2.08. The quantitative estimate of drug-likeness (QED) is 0.579. The van der Waals surface area contributed by atoms with Gasteiger partial charge in [-0.05, 0) is 42.7 Å². The van der Waals surface area contributed by atoms with Crippen molar-refractivity contribution in [2.75, 3.05) is 18.4 Å². The first kappa shape index (κ1) is 19.9. The number of hydrogen-bond acceptors (Lipinski definition) is 5. The third-order valence-corrected chi connectivity index (χ3v) is 4.73. The Morgan fingerprint density at radius 1 is 1.15 bits per heavy atom. The van der Waals surface area contributed by atoms with Crippen LogP contribution in [0.4, 0.5) is 5.69 Å². The van der Waals surface area contributed by atoms with Crippen LogP contribution in [-0.2, 0) is 16.4 Å². The number of amides is 1. The van der Waals surface area contributed by atoms with E-state index in [1.165, 1.54) is 12.1 Å². The lowest BCUT2D eigenvalue weighted by Crippen LogP contribution is -2.26. The van der Waals surface area contributed by atoms with E-state index in [4.69, 9.17) is 5.14 Å². The lowest BCUT2D eigenvalue weighted by molar-refractivity contribution is 0.0949. The summed E-state index contributed by atoms with van der Waals surface area (Å²) >= 11 is 0. The molecule has 0 unspecified atom stereocenters. The van der Waals surface area contributed by atoms with E-state index in [2.05, 4.69) is 22.5 Å². The normalized spacial score (nSPS) is 11.2. The van der Waals surface area contributed by atoms with Crippen LogP contribution in [0.15, 0.2) is 47.5 Å². The van der Waals surface area contributed by atoms with E-state index < -0.39 is 10.0 Å². The number of carbonyl (C=O) groups is 1. The number of unbranched alkanes of at least 4 members (excludes halogenated alkanes) is 1. The second-order valence-corrected chi connectivity index (χ2v) is 7.47. The highest BCUT2D eigenvalue weighted by molar-refractivity contribution is 7.89. The molecule has 0 aliphatic rings.